The van der Waals surface area contributed by atoms with Gasteiger partial charge in [0.15, 0.2) is 0 Å². The zero-order chi connectivity index (χ0) is 12.9. The summed E-state index contributed by atoms with van der Waals surface area (Å²) in [6.45, 7) is 7.99. The molecule has 0 radical (unpaired) electrons. The third-order valence-corrected chi connectivity index (χ3v) is 3.40. The van der Waals surface area contributed by atoms with Crippen LogP contribution in [0.5, 0.6) is 0 Å². The molecule has 1 rings (SSSR count). The third-order valence-electron chi connectivity index (χ3n) is 3.01. The van der Waals surface area contributed by atoms with Crippen molar-refractivity contribution in [2.45, 2.75) is 26.3 Å². The van der Waals surface area contributed by atoms with Gasteiger partial charge in [-0.05, 0) is 18.4 Å². The molecule has 1 aliphatic rings. The van der Waals surface area contributed by atoms with Gasteiger partial charge in [-0.15, -0.1) is 0 Å². The topological polar surface area (TPSA) is 70.4 Å². The maximum Gasteiger partial charge on any atom is 0.325 e. The lowest BCUT2D eigenvalue weighted by atomic mass is 9.93. The average Bonchev–Trinajstić information content (AvgIpc) is 2.65. The lowest BCUT2D eigenvalue weighted by Gasteiger charge is -2.28. The van der Waals surface area contributed by atoms with E-state index in [9.17, 15) is 4.79 Å². The van der Waals surface area contributed by atoms with Crippen molar-refractivity contribution in [1.82, 2.24) is 14.9 Å². The van der Waals surface area contributed by atoms with Crippen molar-refractivity contribution in [2.75, 3.05) is 32.4 Å². The zero-order valence-electron chi connectivity index (χ0n) is 11.0. The van der Waals surface area contributed by atoms with E-state index in [0.717, 1.165) is 26.1 Å². The van der Waals surface area contributed by atoms with Crippen LogP contribution >= 0.6 is 11.9 Å². The van der Waals surface area contributed by atoms with Crippen LogP contribution in [0.2, 0.25) is 0 Å². The number of hydrogen-bond donors (Lipinski definition) is 3. The minimum absolute atomic E-state index is 0.0950. The van der Waals surface area contributed by atoms with Crippen LogP contribution < -0.4 is 15.8 Å². The normalized spacial score (nSPS) is 21.5. The smallest absolute Gasteiger partial charge is 0.325 e. The second kappa shape index (κ2) is 6.47. The molecule has 1 atom stereocenters. The van der Waals surface area contributed by atoms with E-state index in [2.05, 4.69) is 28.8 Å². The largest absolute Gasteiger partial charge is 0.333 e. The highest BCUT2D eigenvalue weighted by atomic mass is 32.2. The Hall–Kier alpha value is -0.460. The molecule has 1 fully saturated rings. The molecule has 6 heteroatoms. The molecule has 1 aliphatic heterocycles. The predicted molar refractivity (Wildman–Crippen MR) is 72.9 cm³/mol. The van der Waals surface area contributed by atoms with Gasteiger partial charge in [0.25, 0.3) is 0 Å². The number of nitrogens with zero attached hydrogens (tertiary/aromatic N) is 1. The number of nitrogens with two attached hydrogens (primary N) is 1. The second-order valence-electron chi connectivity index (χ2n) is 5.37. The van der Waals surface area contributed by atoms with Gasteiger partial charge in [0.2, 0.25) is 0 Å². The summed E-state index contributed by atoms with van der Waals surface area (Å²) in [7, 11) is 0. The van der Waals surface area contributed by atoms with Crippen molar-refractivity contribution in [1.29, 1.82) is 0 Å². The van der Waals surface area contributed by atoms with Crippen molar-refractivity contribution in [2.24, 2.45) is 11.1 Å². The van der Waals surface area contributed by atoms with E-state index in [1.54, 1.807) is 0 Å². The maximum absolute atomic E-state index is 11.4. The van der Waals surface area contributed by atoms with E-state index in [1.807, 2.05) is 6.26 Å². The fourth-order valence-corrected chi connectivity index (χ4v) is 2.32. The molecular weight excluding hydrogens is 236 g/mol. The van der Waals surface area contributed by atoms with Gasteiger partial charge < -0.3 is 16.0 Å². The SMILES string of the molecule is CSNC(=O)N[C@@H]1CCN(CC(C)(C)CN)C1. The molecule has 0 aromatic rings. The molecule has 4 N–H and O–H groups in total. The summed E-state index contributed by atoms with van der Waals surface area (Å²) in [6, 6.07) is 0.165. The van der Waals surface area contributed by atoms with Gasteiger partial charge >= 0.3 is 6.03 Å². The molecule has 1 saturated heterocycles. The number of nitrogens with one attached hydrogen (secondary N) is 2. The Labute approximate surface area is 108 Å². The van der Waals surface area contributed by atoms with E-state index >= 15 is 0 Å². The van der Waals surface area contributed by atoms with Gasteiger partial charge in [-0.2, -0.15) is 0 Å². The molecule has 0 saturated carbocycles. The summed E-state index contributed by atoms with van der Waals surface area (Å²) in [5, 5.41) is 2.97. The van der Waals surface area contributed by atoms with Crippen molar-refractivity contribution < 1.29 is 4.79 Å². The molecule has 0 spiro atoms. The summed E-state index contributed by atoms with van der Waals surface area (Å²) in [4.78, 5) is 13.7. The van der Waals surface area contributed by atoms with Crippen molar-refractivity contribution in [3.63, 3.8) is 0 Å². The van der Waals surface area contributed by atoms with E-state index in [0.29, 0.717) is 6.54 Å². The minimum atomic E-state index is -0.0950. The van der Waals surface area contributed by atoms with Crippen molar-refractivity contribution in [3.8, 4) is 0 Å². The van der Waals surface area contributed by atoms with Gasteiger partial charge in [0.05, 0.1) is 0 Å². The molecule has 1 heterocycles. The highest BCUT2D eigenvalue weighted by molar-refractivity contribution is 7.97. The molecule has 100 valence electrons. The number of hydrogen-bond acceptors (Lipinski definition) is 4. The fraction of sp³-hybridized carbons (Fsp3) is 0.909. The molecule has 0 aliphatic carbocycles. The fourth-order valence-electron chi connectivity index (χ4n) is 2.07. The maximum atomic E-state index is 11.4. The Morgan fingerprint density at radius 1 is 1.59 bits per heavy atom. The lowest BCUT2D eigenvalue weighted by molar-refractivity contribution is 0.211. The van der Waals surface area contributed by atoms with Gasteiger partial charge in [0, 0.05) is 31.9 Å². The van der Waals surface area contributed by atoms with E-state index in [4.69, 9.17) is 5.73 Å². The summed E-state index contributed by atoms with van der Waals surface area (Å²) in [5.41, 5.74) is 5.88. The van der Waals surface area contributed by atoms with Crippen LogP contribution in [0.1, 0.15) is 20.3 Å². The molecule has 0 aromatic carbocycles. The van der Waals surface area contributed by atoms with Gasteiger partial charge in [0.1, 0.15) is 0 Å². The number of carbonyl (C=O) groups is 1. The Kier molecular flexibility index (Phi) is 5.55. The van der Waals surface area contributed by atoms with Crippen LogP contribution in [0, 0.1) is 5.41 Å². The van der Waals surface area contributed by atoms with E-state index < -0.39 is 0 Å². The highest BCUT2D eigenvalue weighted by Gasteiger charge is 2.28. The molecule has 17 heavy (non-hydrogen) atoms. The number of likely N-dealkylation sites (tertiary alicyclic amines) is 1. The van der Waals surface area contributed by atoms with Crippen LogP contribution in [0.15, 0.2) is 0 Å². The number of rotatable bonds is 5. The van der Waals surface area contributed by atoms with Crippen LogP contribution in [-0.2, 0) is 0 Å². The molecule has 0 aromatic heterocycles. The van der Waals surface area contributed by atoms with Crippen molar-refractivity contribution >= 4 is 18.0 Å². The average molecular weight is 260 g/mol. The summed E-state index contributed by atoms with van der Waals surface area (Å²) >= 11 is 1.32. The van der Waals surface area contributed by atoms with Crippen LogP contribution in [0.4, 0.5) is 4.79 Å². The first kappa shape index (κ1) is 14.6. The monoisotopic (exact) mass is 260 g/mol. The molecule has 0 bridgehead atoms. The Morgan fingerprint density at radius 3 is 2.88 bits per heavy atom. The third kappa shape index (κ3) is 5.14. The molecule has 5 nitrogen and oxygen atoms in total. The zero-order valence-corrected chi connectivity index (χ0v) is 11.8. The summed E-state index contributed by atoms with van der Waals surface area (Å²) in [6.07, 6.45) is 2.85. The summed E-state index contributed by atoms with van der Waals surface area (Å²) < 4.78 is 2.67. The first-order valence-electron chi connectivity index (χ1n) is 5.99. The van der Waals surface area contributed by atoms with E-state index in [1.165, 1.54) is 11.9 Å². The van der Waals surface area contributed by atoms with Gasteiger partial charge in [-0.25, -0.2) is 4.79 Å². The standard InChI is InChI=1S/C11H24N4OS/c1-11(2,7-12)8-15-5-4-9(6-15)13-10(16)14-17-3/h9H,4-8,12H2,1-3H3,(H2,13,14,16)/t9-/m1/s1. The van der Waals surface area contributed by atoms with Gasteiger partial charge in [-0.1, -0.05) is 25.8 Å². The minimum Gasteiger partial charge on any atom is -0.333 e. The Morgan fingerprint density at radius 2 is 2.29 bits per heavy atom. The number of carbonyl (C=O) groups excluding carboxylic acids is 1. The first-order valence-corrected chi connectivity index (χ1v) is 7.21. The van der Waals surface area contributed by atoms with Crippen molar-refractivity contribution in [3.05, 3.63) is 0 Å². The van der Waals surface area contributed by atoms with Crippen LogP contribution in [-0.4, -0.2) is 49.4 Å². The highest BCUT2D eigenvalue weighted by Crippen LogP contribution is 2.18. The molecule has 0 unspecified atom stereocenters. The van der Waals surface area contributed by atoms with E-state index in [-0.39, 0.29) is 17.5 Å². The number of amides is 2. The second-order valence-corrected chi connectivity index (χ2v) is 5.98. The molecule has 2 amide bonds. The number of urea groups is 1. The van der Waals surface area contributed by atoms with Crippen LogP contribution in [0.3, 0.4) is 0 Å². The molecular formula is C11H24N4OS. The lowest BCUT2D eigenvalue weighted by Crippen LogP contribution is -2.43. The predicted octanol–water partition coefficient (Wildman–Crippen LogP) is 0.623. The van der Waals surface area contributed by atoms with Gasteiger partial charge in [-0.3, -0.25) is 4.72 Å². The first-order chi connectivity index (χ1) is 7.96. The Bertz CT molecular complexity index is 260. The summed E-state index contributed by atoms with van der Waals surface area (Å²) in [5.74, 6) is 0. The quantitative estimate of drug-likeness (QED) is 0.634. The Balaban J connectivity index is 2.30. The van der Waals surface area contributed by atoms with Crippen LogP contribution in [0.25, 0.3) is 0 Å².